The van der Waals surface area contributed by atoms with Gasteiger partial charge in [-0.05, 0) is 61.0 Å². The molecule has 0 spiro atoms. The number of pyridine rings is 1. The second kappa shape index (κ2) is 10.0. The summed E-state index contributed by atoms with van der Waals surface area (Å²) in [5, 5.41) is 2.60. The molecule has 0 aliphatic rings. The Morgan fingerprint density at radius 1 is 1.09 bits per heavy atom. The quantitative estimate of drug-likeness (QED) is 0.395. The van der Waals surface area contributed by atoms with E-state index < -0.39 is 17.7 Å². The van der Waals surface area contributed by atoms with Crippen LogP contribution < -0.4 is 14.8 Å². The zero-order valence-electron chi connectivity index (χ0n) is 18.6. The summed E-state index contributed by atoms with van der Waals surface area (Å²) in [7, 11) is 1.43. The summed E-state index contributed by atoms with van der Waals surface area (Å²) in [5.74, 6) is -0.824. The highest BCUT2D eigenvalue weighted by atomic mass is 19.1. The van der Waals surface area contributed by atoms with E-state index in [0.29, 0.717) is 11.4 Å². The van der Waals surface area contributed by atoms with Gasteiger partial charge in [-0.25, -0.2) is 14.2 Å². The number of halogens is 1. The summed E-state index contributed by atoms with van der Waals surface area (Å²) in [5.41, 5.74) is 3.16. The fourth-order valence-electron chi connectivity index (χ4n) is 3.28. The van der Waals surface area contributed by atoms with Crippen molar-refractivity contribution in [2.45, 2.75) is 13.5 Å². The molecule has 0 saturated heterocycles. The lowest BCUT2D eigenvalue weighted by atomic mass is 10.2. The molecule has 2 heterocycles. The number of nitrogens with zero attached hydrogens (tertiary/aromatic N) is 2. The van der Waals surface area contributed by atoms with Gasteiger partial charge in [0.1, 0.15) is 18.1 Å². The molecule has 2 aromatic heterocycles. The highest BCUT2D eigenvalue weighted by Gasteiger charge is 2.15. The number of hydrogen-bond donors (Lipinski definition) is 1. The van der Waals surface area contributed by atoms with Crippen LogP contribution in [0.4, 0.5) is 10.1 Å². The van der Waals surface area contributed by atoms with Crippen LogP contribution in [0.5, 0.6) is 11.5 Å². The standard InChI is InChI=1S/C25H22FN3O5/c1-16-4-3-11-29-13-20(28-24(16)29)14-34-25(31)17-5-10-21(22(12-17)32-2)33-15-23(30)27-19-8-6-18(26)7-9-19/h3-13H,14-15H2,1-2H3,(H,27,30). The van der Waals surface area contributed by atoms with Gasteiger partial charge >= 0.3 is 5.97 Å². The fourth-order valence-corrected chi connectivity index (χ4v) is 3.28. The number of rotatable bonds is 8. The first-order valence-electron chi connectivity index (χ1n) is 10.4. The van der Waals surface area contributed by atoms with E-state index in [4.69, 9.17) is 14.2 Å². The van der Waals surface area contributed by atoms with Gasteiger partial charge in [0.05, 0.1) is 18.4 Å². The molecule has 0 aliphatic carbocycles. The second-order valence-corrected chi connectivity index (χ2v) is 7.44. The molecule has 1 N–H and O–H groups in total. The lowest BCUT2D eigenvalue weighted by Gasteiger charge is -2.12. The van der Waals surface area contributed by atoms with Crippen LogP contribution in [0.15, 0.2) is 67.0 Å². The second-order valence-electron chi connectivity index (χ2n) is 7.44. The van der Waals surface area contributed by atoms with E-state index >= 15 is 0 Å². The molecule has 9 heteroatoms. The Labute approximate surface area is 194 Å². The molecular formula is C25H22FN3O5. The fraction of sp³-hybridized carbons (Fsp3) is 0.160. The van der Waals surface area contributed by atoms with Gasteiger partial charge in [0.2, 0.25) is 0 Å². The van der Waals surface area contributed by atoms with Crippen LogP contribution in [0.2, 0.25) is 0 Å². The van der Waals surface area contributed by atoms with Gasteiger partial charge in [0, 0.05) is 18.1 Å². The summed E-state index contributed by atoms with van der Waals surface area (Å²) in [4.78, 5) is 29.1. The van der Waals surface area contributed by atoms with Gasteiger partial charge < -0.3 is 23.9 Å². The molecule has 174 valence electrons. The number of methoxy groups -OCH3 is 1. The summed E-state index contributed by atoms with van der Waals surface area (Å²) in [6.45, 7) is 1.68. The van der Waals surface area contributed by atoms with E-state index in [2.05, 4.69) is 10.3 Å². The van der Waals surface area contributed by atoms with E-state index in [9.17, 15) is 14.0 Å². The predicted molar refractivity (Wildman–Crippen MR) is 123 cm³/mol. The van der Waals surface area contributed by atoms with E-state index in [-0.39, 0.29) is 30.3 Å². The molecule has 0 fully saturated rings. The number of fused-ring (bicyclic) bond motifs is 1. The number of nitrogens with one attached hydrogen (secondary N) is 1. The third-order valence-electron chi connectivity index (χ3n) is 4.97. The van der Waals surface area contributed by atoms with E-state index in [1.807, 2.05) is 35.9 Å². The summed E-state index contributed by atoms with van der Waals surface area (Å²) >= 11 is 0. The molecule has 0 bridgehead atoms. The summed E-state index contributed by atoms with van der Waals surface area (Å²) in [6.07, 6.45) is 3.69. The van der Waals surface area contributed by atoms with Crippen LogP contribution in [0.25, 0.3) is 5.65 Å². The molecule has 4 rings (SSSR count). The van der Waals surface area contributed by atoms with Crippen molar-refractivity contribution in [1.82, 2.24) is 9.38 Å². The normalized spacial score (nSPS) is 10.7. The predicted octanol–water partition coefficient (Wildman–Crippen LogP) is 4.16. The van der Waals surface area contributed by atoms with Gasteiger partial charge in [0.25, 0.3) is 5.91 Å². The molecule has 1 amide bonds. The average Bonchev–Trinajstić information content (AvgIpc) is 3.27. The van der Waals surface area contributed by atoms with Crippen molar-refractivity contribution in [2.24, 2.45) is 0 Å². The van der Waals surface area contributed by atoms with Crippen molar-refractivity contribution in [3.63, 3.8) is 0 Å². The van der Waals surface area contributed by atoms with E-state index in [0.717, 1.165) is 11.2 Å². The van der Waals surface area contributed by atoms with Crippen molar-refractivity contribution < 1.29 is 28.2 Å². The number of imidazole rings is 1. The van der Waals surface area contributed by atoms with Crippen molar-refractivity contribution in [3.05, 3.63) is 89.6 Å². The Kier molecular flexibility index (Phi) is 6.72. The van der Waals surface area contributed by atoms with Crippen molar-refractivity contribution in [3.8, 4) is 11.5 Å². The molecule has 2 aromatic carbocycles. The SMILES string of the molecule is COc1cc(C(=O)OCc2cn3cccc(C)c3n2)ccc1OCC(=O)Nc1ccc(F)cc1. The number of aryl methyl sites for hydroxylation is 1. The first kappa shape index (κ1) is 22.8. The maximum atomic E-state index is 13.0. The minimum Gasteiger partial charge on any atom is -0.493 e. The van der Waals surface area contributed by atoms with Gasteiger partial charge in [-0.2, -0.15) is 0 Å². The zero-order chi connectivity index (χ0) is 24.1. The number of esters is 1. The van der Waals surface area contributed by atoms with Crippen molar-refractivity contribution in [2.75, 3.05) is 19.0 Å². The molecule has 4 aromatic rings. The average molecular weight is 463 g/mol. The van der Waals surface area contributed by atoms with Crippen LogP contribution in [0, 0.1) is 12.7 Å². The van der Waals surface area contributed by atoms with Gasteiger partial charge in [0.15, 0.2) is 18.1 Å². The lowest BCUT2D eigenvalue weighted by molar-refractivity contribution is -0.118. The van der Waals surface area contributed by atoms with Crippen LogP contribution >= 0.6 is 0 Å². The number of aromatic nitrogens is 2. The van der Waals surface area contributed by atoms with Crippen LogP contribution in [0.3, 0.4) is 0 Å². The molecule has 0 atom stereocenters. The number of anilines is 1. The van der Waals surface area contributed by atoms with Crippen molar-refractivity contribution in [1.29, 1.82) is 0 Å². The summed E-state index contributed by atoms with van der Waals surface area (Å²) < 4.78 is 31.1. The van der Waals surface area contributed by atoms with E-state index in [1.54, 1.807) is 0 Å². The third-order valence-corrected chi connectivity index (χ3v) is 4.97. The van der Waals surface area contributed by atoms with Gasteiger partial charge in [-0.1, -0.05) is 6.07 Å². The largest absolute Gasteiger partial charge is 0.493 e. The van der Waals surface area contributed by atoms with Crippen molar-refractivity contribution >= 4 is 23.2 Å². The number of ether oxygens (including phenoxy) is 3. The molecular weight excluding hydrogens is 441 g/mol. The number of benzene rings is 2. The maximum Gasteiger partial charge on any atom is 0.338 e. The Hall–Kier alpha value is -4.40. The Balaban J connectivity index is 1.35. The zero-order valence-corrected chi connectivity index (χ0v) is 18.6. The Morgan fingerprint density at radius 3 is 2.62 bits per heavy atom. The molecule has 0 saturated carbocycles. The number of hydrogen-bond acceptors (Lipinski definition) is 6. The number of amides is 1. The number of carbonyl (C=O) groups excluding carboxylic acids is 2. The van der Waals surface area contributed by atoms with E-state index in [1.165, 1.54) is 49.6 Å². The van der Waals surface area contributed by atoms with Gasteiger partial charge in [-0.15, -0.1) is 0 Å². The Morgan fingerprint density at radius 2 is 1.88 bits per heavy atom. The topological polar surface area (TPSA) is 91.2 Å². The summed E-state index contributed by atoms with van der Waals surface area (Å²) in [6, 6.07) is 13.8. The van der Waals surface area contributed by atoms with Gasteiger partial charge in [-0.3, -0.25) is 4.79 Å². The molecule has 0 aliphatic heterocycles. The molecule has 34 heavy (non-hydrogen) atoms. The first-order chi connectivity index (χ1) is 16.4. The smallest absolute Gasteiger partial charge is 0.338 e. The highest BCUT2D eigenvalue weighted by molar-refractivity contribution is 5.92. The minimum absolute atomic E-state index is 0.0179. The van der Waals surface area contributed by atoms with Crippen LogP contribution in [-0.2, 0) is 16.1 Å². The van der Waals surface area contributed by atoms with Crippen LogP contribution in [-0.4, -0.2) is 35.0 Å². The third kappa shape index (κ3) is 5.32. The first-order valence-corrected chi connectivity index (χ1v) is 10.4. The monoisotopic (exact) mass is 463 g/mol. The Bertz CT molecular complexity index is 1330. The van der Waals surface area contributed by atoms with Crippen LogP contribution in [0.1, 0.15) is 21.6 Å². The maximum absolute atomic E-state index is 13.0. The molecule has 0 radical (unpaired) electrons. The molecule has 8 nitrogen and oxygen atoms in total. The lowest BCUT2D eigenvalue weighted by Crippen LogP contribution is -2.20. The number of carbonyl (C=O) groups is 2. The highest BCUT2D eigenvalue weighted by Crippen LogP contribution is 2.28. The minimum atomic E-state index is -0.548. The molecule has 0 unspecified atom stereocenters.